The largest absolute Gasteiger partial charge is 0.493 e. The quantitative estimate of drug-likeness (QED) is 0.555. The van der Waals surface area contributed by atoms with Crippen LogP contribution < -0.4 is 14.4 Å². The Hall–Kier alpha value is -3.42. The van der Waals surface area contributed by atoms with Gasteiger partial charge in [-0.15, -0.1) is 0 Å². The molecule has 0 aliphatic carbocycles. The van der Waals surface area contributed by atoms with Gasteiger partial charge in [0.1, 0.15) is 5.82 Å². The van der Waals surface area contributed by atoms with E-state index in [4.69, 9.17) is 14.0 Å². The molecular weight excluding hydrogens is 401 g/mol. The number of amides is 1. The summed E-state index contributed by atoms with van der Waals surface area (Å²) in [5, 5.41) is 4.07. The Morgan fingerprint density at radius 2 is 2.06 bits per heavy atom. The first kappa shape index (κ1) is 20.8. The van der Waals surface area contributed by atoms with Gasteiger partial charge in [0.25, 0.3) is 0 Å². The molecule has 1 atom stereocenters. The summed E-state index contributed by atoms with van der Waals surface area (Å²) < 4.78 is 30.5. The molecular formula is C23H24FN3O4. The second-order valence-corrected chi connectivity index (χ2v) is 7.51. The summed E-state index contributed by atoms with van der Waals surface area (Å²) in [7, 11) is 1.58. The van der Waals surface area contributed by atoms with Gasteiger partial charge < -0.3 is 18.9 Å². The second kappa shape index (κ2) is 8.75. The van der Waals surface area contributed by atoms with E-state index in [9.17, 15) is 9.18 Å². The van der Waals surface area contributed by atoms with Crippen molar-refractivity contribution >= 4 is 11.6 Å². The molecule has 1 unspecified atom stereocenters. The van der Waals surface area contributed by atoms with Crippen LogP contribution in [0.3, 0.4) is 0 Å². The SMILES string of the molecule is CCCOc1ccc(-c2noc(C3CC(=O)N(c4ccc(C)c(F)c4)C3)n2)cc1OC. The minimum absolute atomic E-state index is 0.105. The summed E-state index contributed by atoms with van der Waals surface area (Å²) in [4.78, 5) is 18.6. The van der Waals surface area contributed by atoms with Crippen LogP contribution in [0.2, 0.25) is 0 Å². The molecule has 1 aliphatic heterocycles. The highest BCUT2D eigenvalue weighted by atomic mass is 19.1. The van der Waals surface area contributed by atoms with E-state index in [2.05, 4.69) is 10.1 Å². The molecule has 0 spiro atoms. The zero-order valence-electron chi connectivity index (χ0n) is 17.7. The fourth-order valence-electron chi connectivity index (χ4n) is 3.53. The highest BCUT2D eigenvalue weighted by Gasteiger charge is 2.35. The first-order valence-corrected chi connectivity index (χ1v) is 10.2. The Balaban J connectivity index is 1.52. The molecule has 2 heterocycles. The van der Waals surface area contributed by atoms with E-state index in [1.54, 1.807) is 37.1 Å². The summed E-state index contributed by atoms with van der Waals surface area (Å²) in [6.45, 7) is 4.67. The lowest BCUT2D eigenvalue weighted by Crippen LogP contribution is -2.24. The molecule has 0 saturated carbocycles. The number of halogens is 1. The van der Waals surface area contributed by atoms with E-state index in [1.807, 2.05) is 19.1 Å². The maximum atomic E-state index is 13.9. The van der Waals surface area contributed by atoms with Gasteiger partial charge in [-0.1, -0.05) is 18.1 Å². The fraction of sp³-hybridized carbons (Fsp3) is 0.348. The predicted octanol–water partition coefficient (Wildman–Crippen LogP) is 4.50. The molecule has 162 valence electrons. The Bertz CT molecular complexity index is 1100. The van der Waals surface area contributed by atoms with E-state index in [0.717, 1.165) is 12.0 Å². The van der Waals surface area contributed by atoms with Crippen LogP contribution in [0.4, 0.5) is 10.1 Å². The third-order valence-corrected chi connectivity index (χ3v) is 5.27. The minimum atomic E-state index is -0.339. The van der Waals surface area contributed by atoms with Crippen LogP contribution in [0.15, 0.2) is 40.9 Å². The van der Waals surface area contributed by atoms with Crippen molar-refractivity contribution in [3.8, 4) is 22.9 Å². The number of ether oxygens (including phenoxy) is 2. The number of hydrogen-bond donors (Lipinski definition) is 0. The summed E-state index contributed by atoms with van der Waals surface area (Å²) in [5.41, 5.74) is 1.79. The Labute approximate surface area is 179 Å². The lowest BCUT2D eigenvalue weighted by Gasteiger charge is -2.16. The molecule has 0 bridgehead atoms. The van der Waals surface area contributed by atoms with Crippen molar-refractivity contribution in [2.24, 2.45) is 0 Å². The van der Waals surface area contributed by atoms with Crippen molar-refractivity contribution in [2.45, 2.75) is 32.6 Å². The maximum absolute atomic E-state index is 13.9. The van der Waals surface area contributed by atoms with E-state index in [0.29, 0.717) is 47.6 Å². The summed E-state index contributed by atoms with van der Waals surface area (Å²) in [6.07, 6.45) is 1.12. The van der Waals surface area contributed by atoms with Crippen molar-refractivity contribution in [1.29, 1.82) is 0 Å². The van der Waals surface area contributed by atoms with Crippen molar-refractivity contribution in [1.82, 2.24) is 10.1 Å². The van der Waals surface area contributed by atoms with E-state index < -0.39 is 0 Å². The molecule has 1 fully saturated rings. The van der Waals surface area contributed by atoms with E-state index in [1.165, 1.54) is 6.07 Å². The lowest BCUT2D eigenvalue weighted by atomic mass is 10.1. The number of methoxy groups -OCH3 is 1. The van der Waals surface area contributed by atoms with Crippen LogP contribution in [-0.4, -0.2) is 36.3 Å². The van der Waals surface area contributed by atoms with Gasteiger partial charge in [-0.25, -0.2) is 4.39 Å². The summed E-state index contributed by atoms with van der Waals surface area (Å²) in [5.74, 6) is 1.32. The highest BCUT2D eigenvalue weighted by Crippen LogP contribution is 2.35. The zero-order chi connectivity index (χ0) is 22.0. The molecule has 4 rings (SSSR count). The molecule has 31 heavy (non-hydrogen) atoms. The molecule has 1 saturated heterocycles. The van der Waals surface area contributed by atoms with Crippen molar-refractivity contribution in [3.05, 3.63) is 53.7 Å². The van der Waals surface area contributed by atoms with Crippen LogP contribution >= 0.6 is 0 Å². The van der Waals surface area contributed by atoms with Crippen LogP contribution in [0.25, 0.3) is 11.4 Å². The van der Waals surface area contributed by atoms with Gasteiger partial charge in [0.2, 0.25) is 17.6 Å². The van der Waals surface area contributed by atoms with E-state index in [-0.39, 0.29) is 24.1 Å². The van der Waals surface area contributed by atoms with Gasteiger partial charge in [0.15, 0.2) is 11.5 Å². The number of anilines is 1. The van der Waals surface area contributed by atoms with Crippen molar-refractivity contribution in [2.75, 3.05) is 25.2 Å². The average Bonchev–Trinajstić information content (AvgIpc) is 3.41. The lowest BCUT2D eigenvalue weighted by molar-refractivity contribution is -0.117. The molecule has 1 amide bonds. The minimum Gasteiger partial charge on any atom is -0.493 e. The third-order valence-electron chi connectivity index (χ3n) is 5.27. The molecule has 8 heteroatoms. The molecule has 2 aromatic carbocycles. The highest BCUT2D eigenvalue weighted by molar-refractivity contribution is 5.96. The van der Waals surface area contributed by atoms with Gasteiger partial charge in [-0.2, -0.15) is 4.98 Å². The van der Waals surface area contributed by atoms with Crippen LogP contribution in [0.5, 0.6) is 11.5 Å². The number of hydrogen-bond acceptors (Lipinski definition) is 6. The predicted molar refractivity (Wildman–Crippen MR) is 113 cm³/mol. The topological polar surface area (TPSA) is 77.7 Å². The van der Waals surface area contributed by atoms with Crippen molar-refractivity contribution < 1.29 is 23.2 Å². The Morgan fingerprint density at radius 3 is 2.81 bits per heavy atom. The second-order valence-electron chi connectivity index (χ2n) is 7.51. The van der Waals surface area contributed by atoms with Gasteiger partial charge in [0.05, 0.1) is 19.6 Å². The fourth-order valence-corrected chi connectivity index (χ4v) is 3.53. The van der Waals surface area contributed by atoms with Crippen LogP contribution in [-0.2, 0) is 4.79 Å². The normalized spacial score (nSPS) is 16.1. The number of benzene rings is 2. The number of aromatic nitrogens is 2. The average molecular weight is 425 g/mol. The van der Waals surface area contributed by atoms with Crippen LogP contribution in [0, 0.1) is 12.7 Å². The Kier molecular flexibility index (Phi) is 5.88. The molecule has 1 aromatic heterocycles. The summed E-state index contributed by atoms with van der Waals surface area (Å²) >= 11 is 0. The van der Waals surface area contributed by atoms with E-state index >= 15 is 0 Å². The number of aryl methyl sites for hydroxylation is 1. The smallest absolute Gasteiger partial charge is 0.232 e. The molecule has 3 aromatic rings. The number of rotatable bonds is 7. The van der Waals surface area contributed by atoms with Crippen molar-refractivity contribution in [3.63, 3.8) is 0 Å². The van der Waals surface area contributed by atoms with Gasteiger partial charge in [-0.3, -0.25) is 4.79 Å². The van der Waals surface area contributed by atoms with Crippen LogP contribution in [0.1, 0.15) is 37.1 Å². The molecule has 7 nitrogen and oxygen atoms in total. The number of nitrogens with zero attached hydrogens (tertiary/aromatic N) is 3. The van der Waals surface area contributed by atoms with Gasteiger partial charge >= 0.3 is 0 Å². The Morgan fingerprint density at radius 1 is 1.23 bits per heavy atom. The monoisotopic (exact) mass is 425 g/mol. The third kappa shape index (κ3) is 4.23. The first-order valence-electron chi connectivity index (χ1n) is 10.2. The zero-order valence-corrected chi connectivity index (χ0v) is 17.7. The molecule has 0 radical (unpaired) electrons. The summed E-state index contributed by atoms with van der Waals surface area (Å²) in [6, 6.07) is 10.2. The molecule has 0 N–H and O–H groups in total. The van der Waals surface area contributed by atoms with Gasteiger partial charge in [0, 0.05) is 24.2 Å². The number of carbonyl (C=O) groups is 1. The first-order chi connectivity index (χ1) is 15.0. The number of carbonyl (C=O) groups excluding carboxylic acids is 1. The standard InChI is InChI=1S/C23H24FN3O4/c1-4-9-30-19-8-6-15(10-20(19)29-3)22-25-23(31-26-22)16-11-21(28)27(13-16)17-7-5-14(2)18(24)12-17/h5-8,10,12,16H,4,9,11,13H2,1-3H3. The van der Waals surface area contributed by atoms with Gasteiger partial charge in [-0.05, 0) is 49.2 Å². The maximum Gasteiger partial charge on any atom is 0.232 e. The molecule has 1 aliphatic rings.